The number of nitrogens with zero attached hydrogens (tertiary/aromatic N) is 2. The highest BCUT2D eigenvalue weighted by Crippen LogP contribution is 2.53. The first-order chi connectivity index (χ1) is 15.0. The van der Waals surface area contributed by atoms with Crippen LogP contribution in [0.3, 0.4) is 0 Å². The van der Waals surface area contributed by atoms with E-state index in [-0.39, 0.29) is 16.7 Å². The van der Waals surface area contributed by atoms with Crippen LogP contribution in [0, 0.1) is 16.7 Å². The minimum Gasteiger partial charge on any atom is -0.493 e. The molecule has 6 nitrogen and oxygen atoms in total. The van der Waals surface area contributed by atoms with Crippen molar-refractivity contribution in [1.82, 2.24) is 4.57 Å². The molecule has 1 aromatic heterocycles. The summed E-state index contributed by atoms with van der Waals surface area (Å²) in [6.07, 6.45) is 3.12. The Balaban J connectivity index is 2.08. The summed E-state index contributed by atoms with van der Waals surface area (Å²) in [5.74, 6) is 1.76. The molecule has 2 heterocycles. The molecule has 6 heteroatoms. The van der Waals surface area contributed by atoms with Gasteiger partial charge in [-0.1, -0.05) is 26.0 Å². The summed E-state index contributed by atoms with van der Waals surface area (Å²) in [5.41, 5.74) is 3.48. The molecule has 2 aromatic rings. The second kappa shape index (κ2) is 7.44. The second-order valence-electron chi connectivity index (χ2n) is 10.4. The van der Waals surface area contributed by atoms with Crippen molar-refractivity contribution in [1.29, 1.82) is 5.26 Å². The highest BCUT2D eigenvalue weighted by atomic mass is 16.5. The van der Waals surface area contributed by atoms with Gasteiger partial charge in [0.15, 0.2) is 17.3 Å². The predicted molar refractivity (Wildman–Crippen MR) is 124 cm³/mol. The lowest BCUT2D eigenvalue weighted by molar-refractivity contribution is -0.118. The third-order valence-electron chi connectivity index (χ3n) is 6.40. The predicted octanol–water partition coefficient (Wildman–Crippen LogP) is 5.33. The maximum atomic E-state index is 13.5. The van der Waals surface area contributed by atoms with Gasteiger partial charge in [0.25, 0.3) is 0 Å². The van der Waals surface area contributed by atoms with Crippen molar-refractivity contribution in [3.63, 3.8) is 0 Å². The minimum absolute atomic E-state index is 0.108. The largest absolute Gasteiger partial charge is 0.493 e. The van der Waals surface area contributed by atoms with Crippen LogP contribution in [0.5, 0.6) is 11.5 Å². The quantitative estimate of drug-likeness (QED) is 0.708. The molecule has 0 unspecified atom stereocenters. The van der Waals surface area contributed by atoms with Crippen molar-refractivity contribution >= 4 is 11.6 Å². The number of Topliss-reactive ketones (excluding diaryl/α,β-unsaturated/α-hetero) is 1. The number of carbonyl (C=O) groups is 1. The molecule has 168 valence electrons. The Hall–Kier alpha value is -3.20. The van der Waals surface area contributed by atoms with Crippen LogP contribution in [0.25, 0.3) is 0 Å². The minimum atomic E-state index is -0.409. The van der Waals surface area contributed by atoms with Gasteiger partial charge in [0.2, 0.25) is 0 Å². The summed E-state index contributed by atoms with van der Waals surface area (Å²) in [4.78, 5) is 13.5. The highest BCUT2D eigenvalue weighted by molar-refractivity contribution is 6.02. The van der Waals surface area contributed by atoms with Crippen LogP contribution in [0.4, 0.5) is 5.82 Å². The number of nitrogens with one attached hydrogen (secondary N) is 1. The summed E-state index contributed by atoms with van der Waals surface area (Å²) >= 11 is 0. The third-order valence-corrected chi connectivity index (χ3v) is 6.40. The molecule has 1 N–H and O–H groups in total. The van der Waals surface area contributed by atoms with E-state index in [0.717, 1.165) is 34.6 Å². The molecule has 0 bridgehead atoms. The first-order valence-electron chi connectivity index (χ1n) is 10.9. The Morgan fingerprint density at radius 3 is 2.50 bits per heavy atom. The number of rotatable bonds is 3. The molecule has 0 saturated carbocycles. The third kappa shape index (κ3) is 3.37. The monoisotopic (exact) mass is 433 g/mol. The zero-order chi connectivity index (χ0) is 23.4. The number of carbonyl (C=O) groups excluding carboxylic acids is 1. The lowest BCUT2D eigenvalue weighted by Gasteiger charge is -2.40. The van der Waals surface area contributed by atoms with Crippen molar-refractivity contribution in [2.45, 2.75) is 58.9 Å². The lowest BCUT2D eigenvalue weighted by Crippen LogP contribution is -2.35. The summed E-state index contributed by atoms with van der Waals surface area (Å²) in [5, 5.41) is 13.6. The van der Waals surface area contributed by atoms with E-state index in [1.165, 1.54) is 0 Å². The highest BCUT2D eigenvalue weighted by Gasteiger charge is 2.44. The van der Waals surface area contributed by atoms with Gasteiger partial charge >= 0.3 is 0 Å². The number of para-hydroxylation sites is 1. The number of anilines is 1. The Bertz CT molecular complexity index is 1170. The van der Waals surface area contributed by atoms with Crippen LogP contribution < -0.4 is 14.8 Å². The number of ketones is 1. The number of allylic oxidation sites excluding steroid dienone is 2. The van der Waals surface area contributed by atoms with Crippen LogP contribution in [-0.4, -0.2) is 24.6 Å². The van der Waals surface area contributed by atoms with Gasteiger partial charge in [0.1, 0.15) is 11.9 Å². The second-order valence-corrected chi connectivity index (χ2v) is 10.4. The van der Waals surface area contributed by atoms with Crippen molar-refractivity contribution < 1.29 is 14.3 Å². The van der Waals surface area contributed by atoms with Gasteiger partial charge in [0, 0.05) is 46.5 Å². The maximum Gasteiger partial charge on any atom is 0.164 e. The van der Waals surface area contributed by atoms with Gasteiger partial charge in [-0.15, -0.1) is 0 Å². The molecular formula is C26H31N3O3. The van der Waals surface area contributed by atoms with E-state index in [2.05, 4.69) is 50.6 Å². The van der Waals surface area contributed by atoms with E-state index in [1.54, 1.807) is 14.2 Å². The summed E-state index contributed by atoms with van der Waals surface area (Å²) in [6.45, 7) is 10.6. The standard InChI is InChI=1S/C26H31N3O3/c1-25(2,3)29-14-15(13-27)20-21(16-9-8-10-19(31-6)23(16)32-7)22-17(28-24(20)29)11-26(4,5)12-18(22)30/h8-10,14,21,28H,11-12H2,1-7H3/t21-/m1/s1. The van der Waals surface area contributed by atoms with Crippen molar-refractivity contribution in [2.24, 2.45) is 5.41 Å². The fourth-order valence-corrected chi connectivity index (χ4v) is 5.08. The molecule has 2 aliphatic rings. The summed E-state index contributed by atoms with van der Waals surface area (Å²) < 4.78 is 13.4. The van der Waals surface area contributed by atoms with Crippen molar-refractivity contribution in [3.8, 4) is 17.6 Å². The van der Waals surface area contributed by atoms with Gasteiger partial charge in [-0.25, -0.2) is 0 Å². The van der Waals surface area contributed by atoms with Gasteiger partial charge in [-0.05, 0) is 38.7 Å². The number of methoxy groups -OCH3 is 2. The molecule has 0 saturated heterocycles. The molecule has 0 radical (unpaired) electrons. The van der Waals surface area contributed by atoms with Crippen molar-refractivity contribution in [3.05, 3.63) is 52.4 Å². The normalized spacial score (nSPS) is 19.6. The van der Waals surface area contributed by atoms with Gasteiger partial charge in [-0.2, -0.15) is 5.26 Å². The number of hydrogen-bond acceptors (Lipinski definition) is 5. The molecule has 1 aliphatic heterocycles. The topological polar surface area (TPSA) is 76.3 Å². The Labute approximate surface area is 189 Å². The summed E-state index contributed by atoms with van der Waals surface area (Å²) in [6, 6.07) is 8.09. The Morgan fingerprint density at radius 1 is 1.19 bits per heavy atom. The average Bonchev–Trinajstić information content (AvgIpc) is 3.09. The molecule has 1 atom stereocenters. The molecule has 0 amide bonds. The first kappa shape index (κ1) is 22.0. The number of ether oxygens (including phenoxy) is 2. The SMILES string of the molecule is COc1cccc([C@H]2C3=C(CC(C)(C)CC3=O)Nc3c2c(C#N)cn3C(C)(C)C)c1OC. The van der Waals surface area contributed by atoms with Gasteiger partial charge in [0.05, 0.1) is 19.8 Å². The van der Waals surface area contributed by atoms with E-state index < -0.39 is 5.92 Å². The zero-order valence-corrected chi connectivity index (χ0v) is 19.9. The van der Waals surface area contributed by atoms with Crippen molar-refractivity contribution in [2.75, 3.05) is 19.5 Å². The summed E-state index contributed by atoms with van der Waals surface area (Å²) in [7, 11) is 3.21. The van der Waals surface area contributed by atoms with E-state index in [9.17, 15) is 10.1 Å². The lowest BCUT2D eigenvalue weighted by atomic mass is 9.68. The average molecular weight is 434 g/mol. The smallest absolute Gasteiger partial charge is 0.164 e. The van der Waals surface area contributed by atoms with Gasteiger partial charge < -0.3 is 19.4 Å². The maximum absolute atomic E-state index is 13.5. The fraction of sp³-hybridized carbons (Fsp3) is 0.462. The van der Waals surface area contributed by atoms with E-state index in [0.29, 0.717) is 23.5 Å². The van der Waals surface area contributed by atoms with Crippen LogP contribution in [0.1, 0.15) is 70.1 Å². The van der Waals surface area contributed by atoms with Crippen LogP contribution in [0.15, 0.2) is 35.7 Å². The number of nitriles is 1. The Morgan fingerprint density at radius 2 is 1.91 bits per heavy atom. The molecule has 0 spiro atoms. The molecule has 0 fully saturated rings. The molecule has 4 rings (SSSR count). The number of aromatic nitrogens is 1. The molecule has 1 aromatic carbocycles. The van der Waals surface area contributed by atoms with Crippen LogP contribution >= 0.6 is 0 Å². The number of fused-ring (bicyclic) bond motifs is 1. The number of benzene rings is 1. The Kier molecular flexibility index (Phi) is 5.12. The van der Waals surface area contributed by atoms with E-state index in [4.69, 9.17) is 9.47 Å². The van der Waals surface area contributed by atoms with E-state index in [1.807, 2.05) is 24.4 Å². The van der Waals surface area contributed by atoms with Gasteiger partial charge in [-0.3, -0.25) is 4.79 Å². The molecular weight excluding hydrogens is 402 g/mol. The zero-order valence-electron chi connectivity index (χ0n) is 19.9. The number of hydrogen-bond donors (Lipinski definition) is 1. The molecule has 32 heavy (non-hydrogen) atoms. The van der Waals surface area contributed by atoms with Crippen LogP contribution in [0.2, 0.25) is 0 Å². The fourth-order valence-electron chi connectivity index (χ4n) is 5.08. The first-order valence-corrected chi connectivity index (χ1v) is 10.9. The van der Waals surface area contributed by atoms with E-state index >= 15 is 0 Å². The van der Waals surface area contributed by atoms with Crippen LogP contribution in [-0.2, 0) is 10.3 Å². The molecule has 1 aliphatic carbocycles.